The van der Waals surface area contributed by atoms with Gasteiger partial charge in [0, 0.05) is 11.3 Å². The number of hydrogen-bond donors (Lipinski definition) is 1. The Balaban J connectivity index is 1.89. The smallest absolute Gasteiger partial charge is 0.265 e. The number of anilines is 1. The van der Waals surface area contributed by atoms with Gasteiger partial charge in [-0.1, -0.05) is 22.9 Å². The number of carbonyl (C=O) groups is 1. The topological polar surface area (TPSA) is 69.2 Å². The Morgan fingerprint density at radius 3 is 2.48 bits per heavy atom. The molecule has 2 aromatic carbocycles. The number of oxime groups is 1. The molecule has 2 rings (SSSR count). The van der Waals surface area contributed by atoms with Crippen molar-refractivity contribution >= 4 is 17.8 Å². The highest BCUT2D eigenvalue weighted by molar-refractivity contribution is 5.92. The van der Waals surface area contributed by atoms with E-state index in [1.54, 1.807) is 0 Å². The molecule has 0 spiro atoms. The molecule has 0 aliphatic heterocycles. The van der Waals surface area contributed by atoms with Gasteiger partial charge in [0.25, 0.3) is 5.91 Å². The maximum atomic E-state index is 12.0. The van der Waals surface area contributed by atoms with Gasteiger partial charge in [-0.3, -0.25) is 4.79 Å². The number of hydrogen-bond acceptors (Lipinski definition) is 5. The highest BCUT2D eigenvalue weighted by atomic mass is 16.6. The molecule has 6 nitrogen and oxygen atoms in total. The van der Waals surface area contributed by atoms with E-state index >= 15 is 0 Å². The monoisotopic (exact) mass is 370 g/mol. The predicted octanol–water partition coefficient (Wildman–Crippen LogP) is 4.09. The van der Waals surface area contributed by atoms with Gasteiger partial charge in [0.1, 0.15) is 0 Å². The standard InChI is InChI=1S/C21H26N2O4/c1-5-25-19-10-8-17(12-20(19)26-6-2)13-22-27-14-21(24)23-18-9-7-15(3)11-16(18)4/h7-13H,5-6,14H2,1-4H3,(H,23,24)/b22-13+. The fraction of sp³-hybridized carbons (Fsp3) is 0.333. The van der Waals surface area contributed by atoms with Gasteiger partial charge >= 0.3 is 0 Å². The molecule has 144 valence electrons. The Labute approximate surface area is 160 Å². The molecule has 0 bridgehead atoms. The third-order valence-corrected chi connectivity index (χ3v) is 3.70. The molecule has 2 aromatic rings. The van der Waals surface area contributed by atoms with Crippen molar-refractivity contribution in [1.29, 1.82) is 0 Å². The fourth-order valence-corrected chi connectivity index (χ4v) is 2.48. The Bertz CT molecular complexity index is 803. The number of nitrogens with one attached hydrogen (secondary N) is 1. The van der Waals surface area contributed by atoms with Gasteiger partial charge in [-0.05, 0) is 57.5 Å². The summed E-state index contributed by atoms with van der Waals surface area (Å²) in [5.74, 6) is 1.07. The second kappa shape index (κ2) is 10.2. The van der Waals surface area contributed by atoms with E-state index in [0.717, 1.165) is 22.4 Å². The molecule has 0 atom stereocenters. The molecule has 0 aliphatic carbocycles. The third-order valence-electron chi connectivity index (χ3n) is 3.70. The average molecular weight is 370 g/mol. The zero-order valence-electron chi connectivity index (χ0n) is 16.2. The molecule has 0 unspecified atom stereocenters. The second-order valence-corrected chi connectivity index (χ2v) is 5.95. The molecule has 0 heterocycles. The number of amides is 1. The van der Waals surface area contributed by atoms with Crippen LogP contribution in [0, 0.1) is 13.8 Å². The summed E-state index contributed by atoms with van der Waals surface area (Å²) < 4.78 is 11.1. The van der Waals surface area contributed by atoms with E-state index in [1.165, 1.54) is 6.21 Å². The fourth-order valence-electron chi connectivity index (χ4n) is 2.48. The Morgan fingerprint density at radius 2 is 1.78 bits per heavy atom. The second-order valence-electron chi connectivity index (χ2n) is 5.95. The molecule has 0 saturated carbocycles. The lowest BCUT2D eigenvalue weighted by atomic mass is 10.1. The number of carbonyl (C=O) groups excluding carboxylic acids is 1. The molecule has 0 radical (unpaired) electrons. The lowest BCUT2D eigenvalue weighted by Gasteiger charge is -2.11. The highest BCUT2D eigenvalue weighted by Gasteiger charge is 2.06. The molecule has 0 saturated heterocycles. The van der Waals surface area contributed by atoms with Crippen LogP contribution in [0.2, 0.25) is 0 Å². The number of rotatable bonds is 9. The lowest BCUT2D eigenvalue weighted by molar-refractivity contribution is -0.120. The first-order valence-corrected chi connectivity index (χ1v) is 8.95. The summed E-state index contributed by atoms with van der Waals surface area (Å²) in [6.07, 6.45) is 1.53. The van der Waals surface area contributed by atoms with Gasteiger partial charge in [-0.15, -0.1) is 0 Å². The molecule has 1 amide bonds. The SMILES string of the molecule is CCOc1ccc(/C=N/OCC(=O)Nc2ccc(C)cc2C)cc1OCC. The zero-order valence-corrected chi connectivity index (χ0v) is 16.2. The van der Waals surface area contributed by atoms with Crippen LogP contribution in [0.3, 0.4) is 0 Å². The molecule has 27 heavy (non-hydrogen) atoms. The van der Waals surface area contributed by atoms with Gasteiger partial charge < -0.3 is 19.6 Å². The van der Waals surface area contributed by atoms with Crippen LogP contribution in [0.15, 0.2) is 41.6 Å². The predicted molar refractivity (Wildman–Crippen MR) is 107 cm³/mol. The normalized spacial score (nSPS) is 10.7. The molecular formula is C21H26N2O4. The van der Waals surface area contributed by atoms with Crippen molar-refractivity contribution in [2.75, 3.05) is 25.1 Å². The number of nitrogens with zero attached hydrogens (tertiary/aromatic N) is 1. The summed E-state index contributed by atoms with van der Waals surface area (Å²) in [7, 11) is 0. The van der Waals surface area contributed by atoms with Crippen LogP contribution in [-0.2, 0) is 9.63 Å². The molecular weight excluding hydrogens is 344 g/mol. The molecule has 6 heteroatoms. The quantitative estimate of drug-likeness (QED) is 0.533. The summed E-state index contributed by atoms with van der Waals surface area (Å²) in [5, 5.41) is 6.66. The van der Waals surface area contributed by atoms with Crippen LogP contribution < -0.4 is 14.8 Å². The summed E-state index contributed by atoms with van der Waals surface area (Å²) >= 11 is 0. The van der Waals surface area contributed by atoms with Crippen LogP contribution in [0.1, 0.15) is 30.5 Å². The van der Waals surface area contributed by atoms with Crippen LogP contribution in [-0.4, -0.2) is 31.9 Å². The number of ether oxygens (including phenoxy) is 2. The zero-order chi connectivity index (χ0) is 19.6. The summed E-state index contributed by atoms with van der Waals surface area (Å²) in [4.78, 5) is 17.1. The first-order chi connectivity index (χ1) is 13.0. The Kier molecular flexibility index (Phi) is 7.67. The number of benzene rings is 2. The summed E-state index contributed by atoms with van der Waals surface area (Å²) in [6.45, 7) is 8.72. The van der Waals surface area contributed by atoms with Crippen molar-refractivity contribution in [1.82, 2.24) is 0 Å². The van der Waals surface area contributed by atoms with E-state index in [0.29, 0.717) is 24.7 Å². The minimum atomic E-state index is -0.263. The minimum Gasteiger partial charge on any atom is -0.490 e. The van der Waals surface area contributed by atoms with Crippen molar-refractivity contribution in [3.05, 3.63) is 53.1 Å². The lowest BCUT2D eigenvalue weighted by Crippen LogP contribution is -2.17. The Hall–Kier alpha value is -3.02. The average Bonchev–Trinajstić information content (AvgIpc) is 2.63. The van der Waals surface area contributed by atoms with Crippen LogP contribution in [0.25, 0.3) is 0 Å². The van der Waals surface area contributed by atoms with E-state index < -0.39 is 0 Å². The van der Waals surface area contributed by atoms with E-state index in [-0.39, 0.29) is 12.5 Å². The number of aryl methyl sites for hydroxylation is 2. The van der Waals surface area contributed by atoms with Gasteiger partial charge in [0.15, 0.2) is 18.1 Å². The van der Waals surface area contributed by atoms with Crippen LogP contribution >= 0.6 is 0 Å². The first kappa shape index (κ1) is 20.3. The molecule has 1 N–H and O–H groups in total. The largest absolute Gasteiger partial charge is 0.490 e. The molecule has 0 fully saturated rings. The van der Waals surface area contributed by atoms with Gasteiger partial charge in [0.2, 0.25) is 0 Å². The van der Waals surface area contributed by atoms with Gasteiger partial charge in [-0.2, -0.15) is 0 Å². The Morgan fingerprint density at radius 1 is 1.04 bits per heavy atom. The maximum Gasteiger partial charge on any atom is 0.265 e. The summed E-state index contributed by atoms with van der Waals surface area (Å²) in [6, 6.07) is 11.3. The van der Waals surface area contributed by atoms with Crippen LogP contribution in [0.4, 0.5) is 5.69 Å². The van der Waals surface area contributed by atoms with E-state index in [2.05, 4.69) is 10.5 Å². The maximum absolute atomic E-state index is 12.0. The highest BCUT2D eigenvalue weighted by Crippen LogP contribution is 2.28. The van der Waals surface area contributed by atoms with Crippen molar-refractivity contribution in [3.8, 4) is 11.5 Å². The van der Waals surface area contributed by atoms with Crippen molar-refractivity contribution < 1.29 is 19.1 Å². The third kappa shape index (κ3) is 6.33. The van der Waals surface area contributed by atoms with Crippen molar-refractivity contribution in [2.45, 2.75) is 27.7 Å². The summed E-state index contributed by atoms with van der Waals surface area (Å²) in [5.41, 5.74) is 3.71. The first-order valence-electron chi connectivity index (χ1n) is 8.95. The molecule has 0 aromatic heterocycles. The van der Waals surface area contributed by atoms with E-state index in [1.807, 2.05) is 64.1 Å². The van der Waals surface area contributed by atoms with Crippen molar-refractivity contribution in [3.63, 3.8) is 0 Å². The van der Waals surface area contributed by atoms with Crippen LogP contribution in [0.5, 0.6) is 11.5 Å². The van der Waals surface area contributed by atoms with E-state index in [4.69, 9.17) is 14.3 Å². The van der Waals surface area contributed by atoms with E-state index in [9.17, 15) is 4.79 Å². The van der Waals surface area contributed by atoms with Crippen molar-refractivity contribution in [2.24, 2.45) is 5.16 Å². The van der Waals surface area contributed by atoms with Gasteiger partial charge in [-0.25, -0.2) is 0 Å². The minimum absolute atomic E-state index is 0.167. The van der Waals surface area contributed by atoms with Gasteiger partial charge in [0.05, 0.1) is 19.4 Å². The molecule has 0 aliphatic rings.